The Labute approximate surface area is 103 Å². The van der Waals surface area contributed by atoms with Gasteiger partial charge < -0.3 is 15.0 Å². The van der Waals surface area contributed by atoms with Gasteiger partial charge in [0.05, 0.1) is 19.8 Å². The quantitative estimate of drug-likeness (QED) is 0.723. The summed E-state index contributed by atoms with van der Waals surface area (Å²) in [6, 6.07) is 0.411. The van der Waals surface area contributed by atoms with Crippen LogP contribution in [0.4, 0.5) is 0 Å². The lowest BCUT2D eigenvalue weighted by atomic mass is 10.2. The first-order valence-corrected chi connectivity index (χ1v) is 6.55. The fraction of sp³-hybridized carbons (Fsp3) is 0.917. The van der Waals surface area contributed by atoms with Crippen LogP contribution in [0.25, 0.3) is 0 Å². The van der Waals surface area contributed by atoms with Gasteiger partial charge in [-0.25, -0.2) is 0 Å². The van der Waals surface area contributed by atoms with Crippen LogP contribution in [-0.4, -0.2) is 74.7 Å². The van der Waals surface area contributed by atoms with Crippen LogP contribution in [0.5, 0.6) is 0 Å². The molecular weight excluding hydrogens is 218 g/mol. The van der Waals surface area contributed by atoms with Crippen LogP contribution < -0.4 is 5.32 Å². The zero-order valence-corrected chi connectivity index (χ0v) is 10.7. The lowest BCUT2D eigenvalue weighted by molar-refractivity contribution is -0.131. The number of amides is 1. The van der Waals surface area contributed by atoms with E-state index in [1.807, 2.05) is 11.9 Å². The lowest BCUT2D eigenvalue weighted by Crippen LogP contribution is -2.48. The van der Waals surface area contributed by atoms with Gasteiger partial charge in [-0.2, -0.15) is 0 Å². The van der Waals surface area contributed by atoms with E-state index in [1.165, 1.54) is 0 Å². The standard InChI is InChI=1S/C12H23N3O2/c1-13-9-12(16)15-4-2-3-11(15)10-14-5-7-17-8-6-14/h11,13H,2-10H2,1H3. The number of nitrogens with zero attached hydrogens (tertiary/aromatic N) is 2. The predicted molar refractivity (Wildman–Crippen MR) is 65.9 cm³/mol. The van der Waals surface area contributed by atoms with E-state index in [9.17, 15) is 4.79 Å². The fourth-order valence-electron chi connectivity index (χ4n) is 2.69. The molecule has 1 amide bonds. The lowest BCUT2D eigenvalue weighted by Gasteiger charge is -2.32. The van der Waals surface area contributed by atoms with Crippen LogP contribution >= 0.6 is 0 Å². The van der Waals surface area contributed by atoms with Gasteiger partial charge >= 0.3 is 0 Å². The molecule has 0 bridgehead atoms. The Balaban J connectivity index is 1.83. The van der Waals surface area contributed by atoms with Gasteiger partial charge in [0.2, 0.25) is 5.91 Å². The van der Waals surface area contributed by atoms with Crippen LogP contribution in [0, 0.1) is 0 Å². The molecule has 17 heavy (non-hydrogen) atoms. The van der Waals surface area contributed by atoms with E-state index in [0.717, 1.165) is 52.2 Å². The van der Waals surface area contributed by atoms with Gasteiger partial charge in [-0.15, -0.1) is 0 Å². The highest BCUT2D eigenvalue weighted by molar-refractivity contribution is 5.78. The number of ether oxygens (including phenoxy) is 1. The molecule has 0 radical (unpaired) electrons. The number of likely N-dealkylation sites (tertiary alicyclic amines) is 1. The number of carbonyl (C=O) groups is 1. The Morgan fingerprint density at radius 2 is 2.12 bits per heavy atom. The summed E-state index contributed by atoms with van der Waals surface area (Å²) in [6.07, 6.45) is 2.29. The molecule has 0 saturated carbocycles. The molecule has 2 fully saturated rings. The smallest absolute Gasteiger partial charge is 0.236 e. The molecule has 2 saturated heterocycles. The summed E-state index contributed by atoms with van der Waals surface area (Å²) in [7, 11) is 1.82. The van der Waals surface area contributed by atoms with Crippen LogP contribution in [0.15, 0.2) is 0 Å². The molecular formula is C12H23N3O2. The normalized spacial score (nSPS) is 26.4. The first kappa shape index (κ1) is 12.8. The van der Waals surface area contributed by atoms with Crippen molar-refractivity contribution in [2.24, 2.45) is 0 Å². The monoisotopic (exact) mass is 241 g/mol. The topological polar surface area (TPSA) is 44.8 Å². The minimum atomic E-state index is 0.239. The van der Waals surface area contributed by atoms with E-state index < -0.39 is 0 Å². The zero-order valence-electron chi connectivity index (χ0n) is 10.7. The Morgan fingerprint density at radius 3 is 2.82 bits per heavy atom. The van der Waals surface area contributed by atoms with Crippen LogP contribution in [0.2, 0.25) is 0 Å². The summed E-state index contributed by atoms with van der Waals surface area (Å²) in [4.78, 5) is 16.4. The van der Waals surface area contributed by atoms with Gasteiger partial charge in [0.1, 0.15) is 0 Å². The van der Waals surface area contributed by atoms with Crippen molar-refractivity contribution in [3.63, 3.8) is 0 Å². The van der Waals surface area contributed by atoms with Crippen molar-refractivity contribution < 1.29 is 9.53 Å². The molecule has 1 unspecified atom stereocenters. The maximum absolute atomic E-state index is 11.9. The summed E-state index contributed by atoms with van der Waals surface area (Å²) >= 11 is 0. The van der Waals surface area contributed by atoms with Crippen molar-refractivity contribution in [2.45, 2.75) is 18.9 Å². The molecule has 0 spiro atoms. The molecule has 0 aromatic heterocycles. The molecule has 2 aliphatic heterocycles. The number of hydrogen-bond donors (Lipinski definition) is 1. The second-order valence-electron chi connectivity index (χ2n) is 4.83. The number of likely N-dealkylation sites (N-methyl/N-ethyl adjacent to an activating group) is 1. The van der Waals surface area contributed by atoms with E-state index in [1.54, 1.807) is 0 Å². The largest absolute Gasteiger partial charge is 0.379 e. The average molecular weight is 241 g/mol. The van der Waals surface area contributed by atoms with Crippen molar-refractivity contribution in [1.82, 2.24) is 15.1 Å². The third-order valence-corrected chi connectivity index (χ3v) is 3.60. The number of morpholine rings is 1. The summed E-state index contributed by atoms with van der Waals surface area (Å²) in [5.74, 6) is 0.239. The maximum Gasteiger partial charge on any atom is 0.236 e. The van der Waals surface area contributed by atoms with E-state index in [2.05, 4.69) is 10.2 Å². The molecule has 0 aromatic rings. The summed E-state index contributed by atoms with van der Waals surface area (Å²) in [5, 5.41) is 2.94. The van der Waals surface area contributed by atoms with Crippen molar-refractivity contribution in [2.75, 3.05) is 53.0 Å². The Morgan fingerprint density at radius 1 is 1.35 bits per heavy atom. The molecule has 5 nitrogen and oxygen atoms in total. The SMILES string of the molecule is CNCC(=O)N1CCCC1CN1CCOCC1. The summed E-state index contributed by atoms with van der Waals surface area (Å²) in [5.41, 5.74) is 0. The number of nitrogens with one attached hydrogen (secondary N) is 1. The molecule has 2 aliphatic rings. The number of hydrogen-bond acceptors (Lipinski definition) is 4. The molecule has 1 N–H and O–H groups in total. The van der Waals surface area contributed by atoms with Crippen LogP contribution in [-0.2, 0) is 9.53 Å². The van der Waals surface area contributed by atoms with Crippen molar-refractivity contribution >= 4 is 5.91 Å². The predicted octanol–water partition coefficient (Wildman–Crippen LogP) is -0.471. The van der Waals surface area contributed by atoms with Crippen LogP contribution in [0.3, 0.4) is 0 Å². The van der Waals surface area contributed by atoms with Crippen molar-refractivity contribution in [3.8, 4) is 0 Å². The molecule has 5 heteroatoms. The highest BCUT2D eigenvalue weighted by atomic mass is 16.5. The van der Waals surface area contributed by atoms with Crippen LogP contribution in [0.1, 0.15) is 12.8 Å². The third-order valence-electron chi connectivity index (χ3n) is 3.60. The second-order valence-corrected chi connectivity index (χ2v) is 4.83. The zero-order chi connectivity index (χ0) is 12.1. The number of carbonyl (C=O) groups excluding carboxylic acids is 1. The van der Waals surface area contributed by atoms with E-state index in [0.29, 0.717) is 12.6 Å². The minimum absolute atomic E-state index is 0.239. The van der Waals surface area contributed by atoms with Gasteiger partial charge in [0, 0.05) is 32.2 Å². The molecule has 98 valence electrons. The molecule has 2 heterocycles. The van der Waals surface area contributed by atoms with E-state index >= 15 is 0 Å². The maximum atomic E-state index is 11.9. The average Bonchev–Trinajstić information content (AvgIpc) is 2.79. The van der Waals surface area contributed by atoms with Gasteiger partial charge in [-0.05, 0) is 19.9 Å². The molecule has 1 atom stereocenters. The van der Waals surface area contributed by atoms with Gasteiger partial charge in [0.15, 0.2) is 0 Å². The highest BCUT2D eigenvalue weighted by Gasteiger charge is 2.29. The van der Waals surface area contributed by atoms with Gasteiger partial charge in [0.25, 0.3) is 0 Å². The van der Waals surface area contributed by atoms with Gasteiger partial charge in [-0.1, -0.05) is 0 Å². The Hall–Kier alpha value is -0.650. The fourth-order valence-corrected chi connectivity index (χ4v) is 2.69. The number of rotatable bonds is 4. The molecule has 0 aliphatic carbocycles. The Kier molecular flexibility index (Phi) is 4.76. The summed E-state index contributed by atoms with van der Waals surface area (Å²) < 4.78 is 5.34. The van der Waals surface area contributed by atoms with E-state index in [4.69, 9.17) is 4.74 Å². The summed E-state index contributed by atoms with van der Waals surface area (Å²) in [6.45, 7) is 6.07. The van der Waals surface area contributed by atoms with Crippen molar-refractivity contribution in [1.29, 1.82) is 0 Å². The third kappa shape index (κ3) is 3.40. The highest BCUT2D eigenvalue weighted by Crippen LogP contribution is 2.18. The first-order valence-electron chi connectivity index (χ1n) is 6.55. The van der Waals surface area contributed by atoms with Crippen molar-refractivity contribution in [3.05, 3.63) is 0 Å². The minimum Gasteiger partial charge on any atom is -0.379 e. The van der Waals surface area contributed by atoms with E-state index in [-0.39, 0.29) is 5.91 Å². The molecule has 2 rings (SSSR count). The van der Waals surface area contributed by atoms with Gasteiger partial charge in [-0.3, -0.25) is 9.69 Å². The Bertz CT molecular complexity index is 254. The molecule has 0 aromatic carbocycles. The second kappa shape index (κ2) is 6.33. The first-order chi connectivity index (χ1) is 8.31.